The van der Waals surface area contributed by atoms with Crippen LogP contribution in [-0.4, -0.2) is 14.5 Å². The van der Waals surface area contributed by atoms with E-state index in [1.807, 2.05) is 24.3 Å². The lowest BCUT2D eigenvalue weighted by Gasteiger charge is -2.15. The molecule has 0 aliphatic rings. The standard InChI is InChI=1S/C15H15ClN4/c1-9(2)20-13-6-7-18-8-12(13)19-15(20)14-10(16)4-3-5-11(14)17/h3-9H,17H2,1-2H3. The Kier molecular flexibility index (Phi) is 3.10. The minimum atomic E-state index is 0.244. The van der Waals surface area contributed by atoms with Gasteiger partial charge in [0.2, 0.25) is 0 Å². The second-order valence-electron chi connectivity index (χ2n) is 4.97. The zero-order valence-electron chi connectivity index (χ0n) is 11.3. The normalized spacial score (nSPS) is 11.4. The van der Waals surface area contributed by atoms with Crippen LogP contribution in [0.3, 0.4) is 0 Å². The number of nitrogens with two attached hydrogens (primary N) is 1. The lowest BCUT2D eigenvalue weighted by Crippen LogP contribution is -2.04. The molecule has 0 unspecified atom stereocenters. The largest absolute Gasteiger partial charge is 0.398 e. The van der Waals surface area contributed by atoms with Gasteiger partial charge in [-0.3, -0.25) is 4.98 Å². The summed E-state index contributed by atoms with van der Waals surface area (Å²) in [5, 5.41) is 0.607. The Balaban J connectivity index is 2.39. The number of hydrogen-bond acceptors (Lipinski definition) is 3. The van der Waals surface area contributed by atoms with Gasteiger partial charge in [-0.05, 0) is 32.0 Å². The van der Waals surface area contributed by atoms with Crippen molar-refractivity contribution in [2.75, 3.05) is 5.73 Å². The summed E-state index contributed by atoms with van der Waals surface area (Å²) in [6.45, 7) is 4.22. The third-order valence-electron chi connectivity index (χ3n) is 3.28. The molecule has 0 aliphatic carbocycles. The van der Waals surface area contributed by atoms with Crippen LogP contribution >= 0.6 is 11.6 Å². The van der Waals surface area contributed by atoms with Gasteiger partial charge in [-0.15, -0.1) is 0 Å². The number of nitrogens with zero attached hydrogens (tertiary/aromatic N) is 3. The molecule has 4 nitrogen and oxygen atoms in total. The number of hydrogen-bond donors (Lipinski definition) is 1. The summed E-state index contributed by atoms with van der Waals surface area (Å²) in [6.07, 6.45) is 3.52. The third kappa shape index (κ3) is 1.93. The van der Waals surface area contributed by atoms with Crippen molar-refractivity contribution < 1.29 is 0 Å². The van der Waals surface area contributed by atoms with E-state index in [0.29, 0.717) is 10.7 Å². The van der Waals surface area contributed by atoms with Gasteiger partial charge in [-0.1, -0.05) is 17.7 Å². The van der Waals surface area contributed by atoms with Crippen LogP contribution < -0.4 is 5.73 Å². The molecule has 0 radical (unpaired) electrons. The first-order valence-electron chi connectivity index (χ1n) is 6.46. The topological polar surface area (TPSA) is 56.7 Å². The van der Waals surface area contributed by atoms with Crippen LogP contribution in [0.4, 0.5) is 5.69 Å². The predicted octanol–water partition coefficient (Wildman–Crippen LogP) is 3.91. The first-order chi connectivity index (χ1) is 9.59. The first-order valence-corrected chi connectivity index (χ1v) is 6.83. The van der Waals surface area contributed by atoms with Gasteiger partial charge >= 0.3 is 0 Å². The monoisotopic (exact) mass is 286 g/mol. The van der Waals surface area contributed by atoms with Crippen LogP contribution in [0.15, 0.2) is 36.7 Å². The highest BCUT2D eigenvalue weighted by atomic mass is 35.5. The van der Waals surface area contributed by atoms with Crippen LogP contribution in [0.5, 0.6) is 0 Å². The van der Waals surface area contributed by atoms with E-state index in [4.69, 9.17) is 17.3 Å². The van der Waals surface area contributed by atoms with Crippen LogP contribution in [0.25, 0.3) is 22.4 Å². The molecule has 0 atom stereocenters. The zero-order valence-corrected chi connectivity index (χ0v) is 12.1. The Morgan fingerprint density at radius 1 is 1.25 bits per heavy atom. The second kappa shape index (κ2) is 4.80. The van der Waals surface area contributed by atoms with Gasteiger partial charge in [0, 0.05) is 17.9 Å². The number of halogens is 1. The smallest absolute Gasteiger partial charge is 0.145 e. The molecule has 1 aromatic carbocycles. The minimum Gasteiger partial charge on any atom is -0.398 e. The number of benzene rings is 1. The molecule has 3 aromatic rings. The van der Waals surface area contributed by atoms with Crippen molar-refractivity contribution in [2.24, 2.45) is 0 Å². The van der Waals surface area contributed by atoms with E-state index < -0.39 is 0 Å². The molecule has 0 amide bonds. The van der Waals surface area contributed by atoms with Crippen molar-refractivity contribution in [3.05, 3.63) is 41.7 Å². The summed E-state index contributed by atoms with van der Waals surface area (Å²) in [5.41, 5.74) is 9.37. The molecule has 0 fully saturated rings. The Morgan fingerprint density at radius 3 is 2.75 bits per heavy atom. The maximum absolute atomic E-state index is 6.32. The Hall–Kier alpha value is -2.07. The summed E-state index contributed by atoms with van der Waals surface area (Å²) < 4.78 is 2.13. The fraction of sp³-hybridized carbons (Fsp3) is 0.200. The second-order valence-corrected chi connectivity index (χ2v) is 5.37. The first kappa shape index (κ1) is 12.9. The van der Waals surface area contributed by atoms with Gasteiger partial charge in [-0.25, -0.2) is 4.98 Å². The quantitative estimate of drug-likeness (QED) is 0.727. The van der Waals surface area contributed by atoms with E-state index >= 15 is 0 Å². The number of pyridine rings is 1. The molecule has 2 aromatic heterocycles. The van der Waals surface area contributed by atoms with E-state index in [1.54, 1.807) is 12.4 Å². The summed E-state index contributed by atoms with van der Waals surface area (Å²) in [7, 11) is 0. The van der Waals surface area contributed by atoms with Crippen molar-refractivity contribution in [2.45, 2.75) is 19.9 Å². The molecule has 3 rings (SSSR count). The number of imidazole rings is 1. The highest BCUT2D eigenvalue weighted by Gasteiger charge is 2.18. The van der Waals surface area contributed by atoms with Gasteiger partial charge in [0.15, 0.2) is 0 Å². The van der Waals surface area contributed by atoms with Gasteiger partial charge < -0.3 is 10.3 Å². The minimum absolute atomic E-state index is 0.244. The molecule has 0 aliphatic heterocycles. The van der Waals surface area contributed by atoms with Gasteiger partial charge in [0.05, 0.1) is 22.3 Å². The molecular formula is C15H15ClN4. The van der Waals surface area contributed by atoms with E-state index in [-0.39, 0.29) is 6.04 Å². The lowest BCUT2D eigenvalue weighted by atomic mass is 10.1. The molecule has 2 N–H and O–H groups in total. The Bertz CT molecular complexity index is 756. The summed E-state index contributed by atoms with van der Waals surface area (Å²) in [5.74, 6) is 0.783. The lowest BCUT2D eigenvalue weighted by molar-refractivity contribution is 0.624. The number of fused-ring (bicyclic) bond motifs is 1. The fourth-order valence-electron chi connectivity index (χ4n) is 2.43. The van der Waals surface area contributed by atoms with Gasteiger partial charge in [-0.2, -0.15) is 0 Å². The Labute approximate surface area is 122 Å². The van der Waals surface area contributed by atoms with Crippen LogP contribution in [0, 0.1) is 0 Å². The maximum atomic E-state index is 6.32. The summed E-state index contributed by atoms with van der Waals surface area (Å²) in [4.78, 5) is 8.79. The summed E-state index contributed by atoms with van der Waals surface area (Å²) >= 11 is 6.32. The maximum Gasteiger partial charge on any atom is 0.145 e. The van der Waals surface area contributed by atoms with Crippen LogP contribution in [-0.2, 0) is 0 Å². The molecule has 20 heavy (non-hydrogen) atoms. The van der Waals surface area contributed by atoms with Crippen molar-refractivity contribution >= 4 is 28.3 Å². The van der Waals surface area contributed by atoms with Gasteiger partial charge in [0.1, 0.15) is 11.3 Å². The number of aromatic nitrogens is 3. The average Bonchev–Trinajstić information content (AvgIpc) is 2.77. The van der Waals surface area contributed by atoms with Crippen LogP contribution in [0.1, 0.15) is 19.9 Å². The number of nitrogen functional groups attached to an aromatic ring is 1. The number of anilines is 1. The van der Waals surface area contributed by atoms with Gasteiger partial charge in [0.25, 0.3) is 0 Å². The molecule has 5 heteroatoms. The predicted molar refractivity (Wildman–Crippen MR) is 82.8 cm³/mol. The molecule has 0 saturated carbocycles. The highest BCUT2D eigenvalue weighted by molar-refractivity contribution is 6.33. The van der Waals surface area contributed by atoms with Crippen LogP contribution in [0.2, 0.25) is 5.02 Å². The SMILES string of the molecule is CC(C)n1c(-c2c(N)cccc2Cl)nc2cnccc21. The molecule has 0 bridgehead atoms. The summed E-state index contributed by atoms with van der Waals surface area (Å²) in [6, 6.07) is 7.70. The number of rotatable bonds is 2. The van der Waals surface area contributed by atoms with Crippen molar-refractivity contribution in [3.63, 3.8) is 0 Å². The van der Waals surface area contributed by atoms with E-state index in [2.05, 4.69) is 28.4 Å². The fourth-order valence-corrected chi connectivity index (χ4v) is 2.69. The molecular weight excluding hydrogens is 272 g/mol. The van der Waals surface area contributed by atoms with Crippen molar-refractivity contribution in [1.82, 2.24) is 14.5 Å². The van der Waals surface area contributed by atoms with E-state index in [0.717, 1.165) is 22.4 Å². The molecule has 2 heterocycles. The highest BCUT2D eigenvalue weighted by Crippen LogP contribution is 2.36. The third-order valence-corrected chi connectivity index (χ3v) is 3.59. The van der Waals surface area contributed by atoms with Crippen molar-refractivity contribution in [3.8, 4) is 11.4 Å². The molecule has 0 saturated heterocycles. The van der Waals surface area contributed by atoms with Crippen molar-refractivity contribution in [1.29, 1.82) is 0 Å². The zero-order chi connectivity index (χ0) is 14.3. The van der Waals surface area contributed by atoms with E-state index in [9.17, 15) is 0 Å². The van der Waals surface area contributed by atoms with E-state index in [1.165, 1.54) is 0 Å². The molecule has 102 valence electrons. The Morgan fingerprint density at radius 2 is 2.05 bits per heavy atom. The molecule has 0 spiro atoms. The average molecular weight is 287 g/mol.